The van der Waals surface area contributed by atoms with Crippen LogP contribution in [0.1, 0.15) is 31.9 Å². The first kappa shape index (κ1) is 22.9. The highest BCUT2D eigenvalue weighted by atomic mass is 32.2. The lowest BCUT2D eigenvalue weighted by atomic mass is 10.1. The number of hydrogen-bond acceptors (Lipinski definition) is 3. The smallest absolute Gasteiger partial charge is 0.242 e. The van der Waals surface area contributed by atoms with E-state index in [1.165, 1.54) is 17.8 Å². The van der Waals surface area contributed by atoms with Gasteiger partial charge in [0.15, 0.2) is 0 Å². The lowest BCUT2D eigenvalue weighted by Gasteiger charge is -2.29. The molecule has 29 heavy (non-hydrogen) atoms. The summed E-state index contributed by atoms with van der Waals surface area (Å²) < 4.78 is 13.8. The number of carbonyl (C=O) groups is 2. The zero-order valence-corrected chi connectivity index (χ0v) is 18.0. The van der Waals surface area contributed by atoms with Crippen LogP contribution in [0.4, 0.5) is 4.39 Å². The lowest BCUT2D eigenvalue weighted by Crippen LogP contribution is -2.48. The highest BCUT2D eigenvalue weighted by Crippen LogP contribution is 2.17. The van der Waals surface area contributed by atoms with Gasteiger partial charge >= 0.3 is 0 Å². The molecule has 0 fully saturated rings. The Hall–Kier alpha value is -2.34. The molecule has 1 N–H and O–H groups in total. The van der Waals surface area contributed by atoms with Gasteiger partial charge in [-0.05, 0) is 30.0 Å². The molecule has 0 aliphatic carbocycles. The fourth-order valence-corrected chi connectivity index (χ4v) is 3.66. The molecule has 0 unspecified atom stereocenters. The topological polar surface area (TPSA) is 49.4 Å². The summed E-state index contributed by atoms with van der Waals surface area (Å²) in [6.07, 6.45) is 0. The predicted molar refractivity (Wildman–Crippen MR) is 117 cm³/mol. The zero-order chi connectivity index (χ0) is 21.2. The SMILES string of the molecule is CC(C)CNC(=O)[C@@H](C)N(Cc1ccccc1)C(=O)CSCc1ccccc1F. The quantitative estimate of drug-likeness (QED) is 0.630. The summed E-state index contributed by atoms with van der Waals surface area (Å²) in [5, 5.41) is 2.90. The second-order valence-corrected chi connectivity index (χ2v) is 8.39. The van der Waals surface area contributed by atoms with Crippen molar-refractivity contribution < 1.29 is 14.0 Å². The van der Waals surface area contributed by atoms with Crippen LogP contribution in [0.5, 0.6) is 0 Å². The maximum atomic E-state index is 13.8. The number of amides is 2. The maximum Gasteiger partial charge on any atom is 0.242 e. The fourth-order valence-electron chi connectivity index (χ4n) is 2.76. The molecular formula is C23H29FN2O2S. The van der Waals surface area contributed by atoms with Crippen LogP contribution < -0.4 is 5.32 Å². The van der Waals surface area contributed by atoms with Gasteiger partial charge in [0.2, 0.25) is 11.8 Å². The maximum absolute atomic E-state index is 13.8. The van der Waals surface area contributed by atoms with E-state index in [1.807, 2.05) is 44.2 Å². The van der Waals surface area contributed by atoms with E-state index in [4.69, 9.17) is 0 Å². The summed E-state index contributed by atoms with van der Waals surface area (Å²) in [4.78, 5) is 27.1. The normalized spacial score (nSPS) is 11.9. The number of hydrogen-bond donors (Lipinski definition) is 1. The number of carbonyl (C=O) groups excluding carboxylic acids is 2. The van der Waals surface area contributed by atoms with Gasteiger partial charge in [-0.1, -0.05) is 62.4 Å². The Labute approximate surface area is 176 Å². The van der Waals surface area contributed by atoms with E-state index >= 15 is 0 Å². The summed E-state index contributed by atoms with van der Waals surface area (Å²) in [6, 6.07) is 15.6. The highest BCUT2D eigenvalue weighted by Gasteiger charge is 2.26. The van der Waals surface area contributed by atoms with E-state index in [0.717, 1.165) is 5.56 Å². The van der Waals surface area contributed by atoms with Gasteiger partial charge < -0.3 is 10.2 Å². The van der Waals surface area contributed by atoms with Crippen LogP contribution in [0, 0.1) is 11.7 Å². The molecule has 0 aliphatic heterocycles. The molecule has 0 bridgehead atoms. The molecule has 0 aromatic heterocycles. The Bertz CT molecular complexity index is 798. The standard InChI is InChI=1S/C23H29FN2O2S/c1-17(2)13-25-23(28)18(3)26(14-19-9-5-4-6-10-19)22(27)16-29-15-20-11-7-8-12-21(20)24/h4-12,17-18H,13-16H2,1-3H3,(H,25,28)/t18-/m1/s1. The number of nitrogens with zero attached hydrogens (tertiary/aromatic N) is 1. The Morgan fingerprint density at radius 1 is 1.03 bits per heavy atom. The van der Waals surface area contributed by atoms with Crippen LogP contribution in [0.15, 0.2) is 54.6 Å². The minimum atomic E-state index is -0.587. The Morgan fingerprint density at radius 3 is 2.34 bits per heavy atom. The zero-order valence-electron chi connectivity index (χ0n) is 17.2. The molecule has 0 saturated carbocycles. The van der Waals surface area contributed by atoms with Crippen molar-refractivity contribution in [2.24, 2.45) is 5.92 Å². The van der Waals surface area contributed by atoms with Crippen LogP contribution in [-0.4, -0.2) is 35.1 Å². The van der Waals surface area contributed by atoms with Gasteiger partial charge in [0.25, 0.3) is 0 Å². The van der Waals surface area contributed by atoms with E-state index in [-0.39, 0.29) is 23.4 Å². The number of thioether (sulfide) groups is 1. The van der Waals surface area contributed by atoms with Crippen molar-refractivity contribution in [3.8, 4) is 0 Å². The van der Waals surface area contributed by atoms with Crippen LogP contribution in [-0.2, 0) is 21.9 Å². The molecule has 2 aromatic rings. The largest absolute Gasteiger partial charge is 0.354 e. The second-order valence-electron chi connectivity index (χ2n) is 7.41. The average Bonchev–Trinajstić information content (AvgIpc) is 2.71. The summed E-state index contributed by atoms with van der Waals surface area (Å²) in [6.45, 7) is 6.72. The molecule has 2 aromatic carbocycles. The first-order chi connectivity index (χ1) is 13.9. The molecule has 2 rings (SSSR count). The Balaban J connectivity index is 2.03. The first-order valence-corrected chi connectivity index (χ1v) is 11.0. The van der Waals surface area contributed by atoms with Gasteiger partial charge in [0, 0.05) is 18.8 Å². The third-order valence-corrected chi connectivity index (χ3v) is 5.45. The molecule has 0 saturated heterocycles. The Morgan fingerprint density at radius 2 is 1.69 bits per heavy atom. The molecular weight excluding hydrogens is 387 g/mol. The van der Waals surface area contributed by atoms with E-state index in [0.29, 0.717) is 30.3 Å². The van der Waals surface area contributed by atoms with Gasteiger partial charge in [-0.25, -0.2) is 4.39 Å². The molecule has 0 spiro atoms. The molecule has 6 heteroatoms. The van der Waals surface area contributed by atoms with Gasteiger partial charge in [-0.3, -0.25) is 9.59 Å². The van der Waals surface area contributed by atoms with Crippen molar-refractivity contribution >= 4 is 23.6 Å². The number of rotatable bonds is 10. The number of halogens is 1. The summed E-state index contributed by atoms with van der Waals surface area (Å²) in [5.41, 5.74) is 1.53. The van der Waals surface area contributed by atoms with E-state index < -0.39 is 6.04 Å². The first-order valence-electron chi connectivity index (χ1n) is 9.80. The van der Waals surface area contributed by atoms with Crippen molar-refractivity contribution in [3.05, 3.63) is 71.5 Å². The van der Waals surface area contributed by atoms with Crippen LogP contribution in [0.3, 0.4) is 0 Å². The van der Waals surface area contributed by atoms with Gasteiger partial charge in [0.1, 0.15) is 11.9 Å². The van der Waals surface area contributed by atoms with E-state index in [2.05, 4.69) is 5.32 Å². The minimum Gasteiger partial charge on any atom is -0.354 e. The van der Waals surface area contributed by atoms with Crippen molar-refractivity contribution in [2.45, 2.75) is 39.1 Å². The highest BCUT2D eigenvalue weighted by molar-refractivity contribution is 7.99. The monoisotopic (exact) mass is 416 g/mol. The second kappa shape index (κ2) is 11.6. The van der Waals surface area contributed by atoms with Crippen LogP contribution in [0.2, 0.25) is 0 Å². The number of nitrogens with one attached hydrogen (secondary N) is 1. The van der Waals surface area contributed by atoms with E-state index in [9.17, 15) is 14.0 Å². The summed E-state index contributed by atoms with van der Waals surface area (Å²) in [7, 11) is 0. The van der Waals surface area contributed by atoms with Gasteiger partial charge in [0.05, 0.1) is 5.75 Å². The lowest BCUT2D eigenvalue weighted by molar-refractivity contribution is -0.138. The summed E-state index contributed by atoms with van der Waals surface area (Å²) >= 11 is 1.35. The van der Waals surface area contributed by atoms with Gasteiger partial charge in [-0.2, -0.15) is 0 Å². The third kappa shape index (κ3) is 7.54. The predicted octanol–water partition coefficient (Wildman–Crippen LogP) is 4.25. The van der Waals surface area contributed by atoms with Crippen molar-refractivity contribution in [2.75, 3.05) is 12.3 Å². The van der Waals surface area contributed by atoms with Crippen molar-refractivity contribution in [3.63, 3.8) is 0 Å². The molecule has 0 aliphatic rings. The fraction of sp³-hybridized carbons (Fsp3) is 0.391. The molecule has 0 radical (unpaired) electrons. The van der Waals surface area contributed by atoms with Crippen molar-refractivity contribution in [1.29, 1.82) is 0 Å². The molecule has 0 heterocycles. The van der Waals surface area contributed by atoms with Crippen LogP contribution >= 0.6 is 11.8 Å². The molecule has 4 nitrogen and oxygen atoms in total. The Kier molecular flexibility index (Phi) is 9.19. The van der Waals surface area contributed by atoms with Crippen LogP contribution in [0.25, 0.3) is 0 Å². The van der Waals surface area contributed by atoms with Gasteiger partial charge in [-0.15, -0.1) is 11.8 Å². The average molecular weight is 417 g/mol. The van der Waals surface area contributed by atoms with E-state index in [1.54, 1.807) is 30.0 Å². The minimum absolute atomic E-state index is 0.137. The summed E-state index contributed by atoms with van der Waals surface area (Å²) in [5.74, 6) is 0.356. The molecule has 1 atom stereocenters. The molecule has 2 amide bonds. The molecule has 156 valence electrons. The third-order valence-electron chi connectivity index (χ3n) is 4.49. The van der Waals surface area contributed by atoms with Crippen molar-refractivity contribution in [1.82, 2.24) is 10.2 Å². The number of benzene rings is 2.